The first-order valence-electron chi connectivity index (χ1n) is 7.57. The molecule has 22 heavy (non-hydrogen) atoms. The summed E-state index contributed by atoms with van der Waals surface area (Å²) in [5.74, 6) is -0.699. The molecule has 1 atom stereocenters. The lowest BCUT2D eigenvalue weighted by atomic mass is 9.90. The molecule has 0 bridgehead atoms. The standard InChI is InChI=1S/C17H23NO4/c1-17(2,3)22-16(21)18-10-4-5-14(11-18)12-6-8-13(9-7-12)15(19)20/h6-9,14H,4-5,10-11H2,1-3H3,(H,19,20)/t14-/m0/s1. The Morgan fingerprint density at radius 2 is 1.86 bits per heavy atom. The summed E-state index contributed by atoms with van der Waals surface area (Å²) in [5.41, 5.74) is 0.856. The van der Waals surface area contributed by atoms with Gasteiger partial charge in [-0.15, -0.1) is 0 Å². The van der Waals surface area contributed by atoms with Crippen molar-refractivity contribution in [2.24, 2.45) is 0 Å². The lowest BCUT2D eigenvalue weighted by Crippen LogP contribution is -2.42. The van der Waals surface area contributed by atoms with Crippen molar-refractivity contribution in [3.63, 3.8) is 0 Å². The zero-order valence-electron chi connectivity index (χ0n) is 13.3. The van der Waals surface area contributed by atoms with Crippen LogP contribution in [0.5, 0.6) is 0 Å². The Balaban J connectivity index is 2.04. The monoisotopic (exact) mass is 305 g/mol. The molecule has 120 valence electrons. The summed E-state index contributed by atoms with van der Waals surface area (Å²) >= 11 is 0. The number of carbonyl (C=O) groups excluding carboxylic acids is 1. The van der Waals surface area contributed by atoms with Gasteiger partial charge < -0.3 is 14.7 Å². The molecule has 0 radical (unpaired) electrons. The van der Waals surface area contributed by atoms with E-state index in [0.29, 0.717) is 13.1 Å². The number of piperidine rings is 1. The molecular weight excluding hydrogens is 282 g/mol. The molecule has 1 saturated heterocycles. The molecule has 0 aromatic heterocycles. The van der Waals surface area contributed by atoms with Crippen LogP contribution in [-0.2, 0) is 4.74 Å². The Bertz CT molecular complexity index is 545. The van der Waals surface area contributed by atoms with E-state index in [1.54, 1.807) is 17.0 Å². The molecule has 1 fully saturated rings. The molecule has 1 aliphatic rings. The van der Waals surface area contributed by atoms with Crippen molar-refractivity contribution in [2.75, 3.05) is 13.1 Å². The van der Waals surface area contributed by atoms with E-state index in [2.05, 4.69) is 0 Å². The third-order valence-electron chi connectivity index (χ3n) is 3.70. The summed E-state index contributed by atoms with van der Waals surface area (Å²) in [6.07, 6.45) is 1.63. The molecule has 0 aliphatic carbocycles. The summed E-state index contributed by atoms with van der Waals surface area (Å²) in [5, 5.41) is 8.94. The first-order chi connectivity index (χ1) is 10.3. The number of rotatable bonds is 2. The molecule has 1 N–H and O–H groups in total. The average molecular weight is 305 g/mol. The largest absolute Gasteiger partial charge is 0.478 e. The average Bonchev–Trinajstić information content (AvgIpc) is 2.46. The number of carbonyl (C=O) groups is 2. The summed E-state index contributed by atoms with van der Waals surface area (Å²) in [6.45, 7) is 6.89. The van der Waals surface area contributed by atoms with E-state index in [-0.39, 0.29) is 17.6 Å². The number of carboxylic acids is 1. The number of hydrogen-bond donors (Lipinski definition) is 1. The lowest BCUT2D eigenvalue weighted by Gasteiger charge is -2.34. The molecule has 0 spiro atoms. The topological polar surface area (TPSA) is 66.8 Å². The quantitative estimate of drug-likeness (QED) is 0.908. The fourth-order valence-corrected chi connectivity index (χ4v) is 2.64. The van der Waals surface area contributed by atoms with Gasteiger partial charge in [-0.1, -0.05) is 12.1 Å². The van der Waals surface area contributed by atoms with Crippen LogP contribution in [0.1, 0.15) is 55.5 Å². The fourth-order valence-electron chi connectivity index (χ4n) is 2.64. The van der Waals surface area contributed by atoms with Crippen molar-refractivity contribution in [1.82, 2.24) is 4.90 Å². The van der Waals surface area contributed by atoms with Crippen LogP contribution in [0, 0.1) is 0 Å². The van der Waals surface area contributed by atoms with Crippen LogP contribution >= 0.6 is 0 Å². The van der Waals surface area contributed by atoms with Gasteiger partial charge in [-0.2, -0.15) is 0 Å². The number of likely N-dealkylation sites (tertiary alicyclic amines) is 1. The number of aromatic carboxylic acids is 1. The second kappa shape index (κ2) is 6.38. The molecule has 5 nitrogen and oxygen atoms in total. The molecule has 1 heterocycles. The predicted molar refractivity (Wildman–Crippen MR) is 83.2 cm³/mol. The number of nitrogens with zero attached hydrogens (tertiary/aromatic N) is 1. The highest BCUT2D eigenvalue weighted by atomic mass is 16.6. The van der Waals surface area contributed by atoms with Crippen molar-refractivity contribution in [1.29, 1.82) is 0 Å². The van der Waals surface area contributed by atoms with Crippen molar-refractivity contribution >= 4 is 12.1 Å². The Morgan fingerprint density at radius 3 is 2.41 bits per heavy atom. The van der Waals surface area contributed by atoms with Gasteiger partial charge in [-0.05, 0) is 51.3 Å². The Labute approximate surface area is 130 Å². The molecule has 1 aromatic carbocycles. The van der Waals surface area contributed by atoms with Gasteiger partial charge in [0.1, 0.15) is 5.60 Å². The van der Waals surface area contributed by atoms with Gasteiger partial charge >= 0.3 is 12.1 Å². The van der Waals surface area contributed by atoms with E-state index >= 15 is 0 Å². The number of carboxylic acid groups (broad SMARTS) is 1. The van der Waals surface area contributed by atoms with Crippen LogP contribution in [0.4, 0.5) is 4.79 Å². The molecular formula is C17H23NO4. The molecule has 1 aromatic rings. The van der Waals surface area contributed by atoms with Gasteiger partial charge in [-0.25, -0.2) is 9.59 Å². The molecule has 0 unspecified atom stereocenters. The zero-order valence-corrected chi connectivity index (χ0v) is 13.3. The Morgan fingerprint density at radius 1 is 1.23 bits per heavy atom. The van der Waals surface area contributed by atoms with Crippen LogP contribution in [-0.4, -0.2) is 40.8 Å². The maximum atomic E-state index is 12.2. The van der Waals surface area contributed by atoms with Crippen LogP contribution < -0.4 is 0 Å². The van der Waals surface area contributed by atoms with Gasteiger partial charge in [0.25, 0.3) is 0 Å². The van der Waals surface area contributed by atoms with E-state index in [1.807, 2.05) is 32.9 Å². The minimum atomic E-state index is -0.925. The second-order valence-electron chi connectivity index (χ2n) is 6.69. The minimum absolute atomic E-state index is 0.226. The van der Waals surface area contributed by atoms with E-state index < -0.39 is 11.6 Å². The van der Waals surface area contributed by atoms with E-state index in [4.69, 9.17) is 9.84 Å². The highest BCUT2D eigenvalue weighted by Gasteiger charge is 2.28. The van der Waals surface area contributed by atoms with Crippen molar-refractivity contribution < 1.29 is 19.4 Å². The summed E-state index contributed by atoms with van der Waals surface area (Å²) in [7, 11) is 0. The van der Waals surface area contributed by atoms with Crippen molar-refractivity contribution in [3.05, 3.63) is 35.4 Å². The highest BCUT2D eigenvalue weighted by Crippen LogP contribution is 2.28. The lowest BCUT2D eigenvalue weighted by molar-refractivity contribution is 0.0198. The van der Waals surface area contributed by atoms with Crippen LogP contribution in [0.2, 0.25) is 0 Å². The summed E-state index contributed by atoms with van der Waals surface area (Å²) < 4.78 is 5.42. The number of amides is 1. The highest BCUT2D eigenvalue weighted by molar-refractivity contribution is 5.87. The maximum absolute atomic E-state index is 12.2. The maximum Gasteiger partial charge on any atom is 0.410 e. The van der Waals surface area contributed by atoms with E-state index in [1.165, 1.54) is 0 Å². The van der Waals surface area contributed by atoms with Crippen molar-refractivity contribution in [2.45, 2.75) is 45.1 Å². The molecule has 2 rings (SSSR count). The zero-order chi connectivity index (χ0) is 16.3. The predicted octanol–water partition coefficient (Wildman–Crippen LogP) is 3.50. The molecule has 5 heteroatoms. The van der Waals surface area contributed by atoms with Gasteiger partial charge in [0.05, 0.1) is 5.56 Å². The van der Waals surface area contributed by atoms with Crippen molar-refractivity contribution in [3.8, 4) is 0 Å². The van der Waals surface area contributed by atoms with E-state index in [0.717, 1.165) is 18.4 Å². The van der Waals surface area contributed by atoms with Crippen LogP contribution in [0.15, 0.2) is 24.3 Å². The number of benzene rings is 1. The van der Waals surface area contributed by atoms with Gasteiger partial charge in [0.15, 0.2) is 0 Å². The first kappa shape index (κ1) is 16.3. The van der Waals surface area contributed by atoms with Gasteiger partial charge in [0.2, 0.25) is 0 Å². The Kier molecular flexibility index (Phi) is 4.74. The molecule has 1 amide bonds. The molecule has 1 aliphatic heterocycles. The Hall–Kier alpha value is -2.04. The smallest absolute Gasteiger partial charge is 0.410 e. The van der Waals surface area contributed by atoms with Crippen LogP contribution in [0.25, 0.3) is 0 Å². The SMILES string of the molecule is CC(C)(C)OC(=O)N1CCC[C@H](c2ccc(C(=O)O)cc2)C1. The van der Waals surface area contributed by atoms with Gasteiger partial charge in [-0.3, -0.25) is 0 Å². The minimum Gasteiger partial charge on any atom is -0.478 e. The van der Waals surface area contributed by atoms with E-state index in [9.17, 15) is 9.59 Å². The van der Waals surface area contributed by atoms with Gasteiger partial charge in [0, 0.05) is 19.0 Å². The van der Waals surface area contributed by atoms with Crippen LogP contribution in [0.3, 0.4) is 0 Å². The normalized spacial score (nSPS) is 18.9. The number of ether oxygens (including phenoxy) is 1. The third kappa shape index (κ3) is 4.23. The first-order valence-corrected chi connectivity index (χ1v) is 7.57. The molecule has 0 saturated carbocycles. The number of hydrogen-bond acceptors (Lipinski definition) is 3. The second-order valence-corrected chi connectivity index (χ2v) is 6.69. The summed E-state index contributed by atoms with van der Waals surface area (Å²) in [6, 6.07) is 6.91. The fraction of sp³-hybridized carbons (Fsp3) is 0.529. The third-order valence-corrected chi connectivity index (χ3v) is 3.70. The summed E-state index contributed by atoms with van der Waals surface area (Å²) in [4.78, 5) is 24.8.